The number of carbonyl (C=O) groups excluding carboxylic acids is 4. The molecule has 0 aromatic carbocycles. The van der Waals surface area contributed by atoms with Crippen LogP contribution in [0.2, 0.25) is 0 Å². The maximum Gasteiger partial charge on any atom is 0.334 e. The van der Waals surface area contributed by atoms with Crippen LogP contribution in [-0.4, -0.2) is 54.2 Å². The lowest BCUT2D eigenvalue weighted by atomic mass is 9.83. The summed E-state index contributed by atoms with van der Waals surface area (Å²) in [5, 5.41) is 9.74. The van der Waals surface area contributed by atoms with Crippen LogP contribution in [0.3, 0.4) is 0 Å². The normalized spacial score (nSPS) is 30.0. The molecule has 1 N–H and O–H groups in total. The Bertz CT molecular complexity index is 894. The van der Waals surface area contributed by atoms with E-state index in [0.29, 0.717) is 36.7 Å². The van der Waals surface area contributed by atoms with Gasteiger partial charge in [0.2, 0.25) is 0 Å². The Morgan fingerprint density at radius 1 is 1.36 bits per heavy atom. The van der Waals surface area contributed by atoms with E-state index < -0.39 is 48.1 Å². The first-order chi connectivity index (χ1) is 15.7. The predicted molar refractivity (Wildman–Crippen MR) is 120 cm³/mol. The van der Waals surface area contributed by atoms with Crippen LogP contribution in [0.1, 0.15) is 47.0 Å². The topological polar surface area (TPSA) is 116 Å². The summed E-state index contributed by atoms with van der Waals surface area (Å²) in [5.41, 5.74) is 1.03. The second-order valence-electron chi connectivity index (χ2n) is 8.27. The van der Waals surface area contributed by atoms with E-state index >= 15 is 0 Å². The molecule has 2 rings (SSSR count). The second-order valence-corrected chi connectivity index (χ2v) is 8.27. The van der Waals surface area contributed by atoms with E-state index in [0.717, 1.165) is 0 Å². The Balaban J connectivity index is 2.67. The van der Waals surface area contributed by atoms with Crippen LogP contribution in [0.15, 0.2) is 47.1 Å². The van der Waals surface area contributed by atoms with Crippen molar-refractivity contribution in [1.82, 2.24) is 0 Å². The molecule has 0 aromatic rings. The highest BCUT2D eigenvalue weighted by molar-refractivity contribution is 5.92. The molecule has 1 aliphatic heterocycles. The first-order valence-electron chi connectivity index (χ1n) is 11.1. The van der Waals surface area contributed by atoms with E-state index in [2.05, 4.69) is 6.58 Å². The number of rotatable bonds is 7. The standard InChI is InChI=1S/C25H32O8/c1-6-14(3)23(28)32-21-18(13-27)10-8-9-17(12-26)11-19-20(16(5)25(30)31-19)22(21)33-24(29)15(4)7-2/h6,10-11,13,15,19-22,26H,5,7-9,12H2,1-4H3/b14-6-,17-11-,18-10-/t15-,19-,20+,21-,22+/m1/s1. The van der Waals surface area contributed by atoms with Gasteiger partial charge in [-0.3, -0.25) is 9.59 Å². The van der Waals surface area contributed by atoms with Crippen molar-refractivity contribution in [2.45, 2.75) is 65.3 Å². The maximum atomic E-state index is 12.8. The minimum Gasteiger partial charge on any atom is -0.457 e. The average Bonchev–Trinajstić information content (AvgIpc) is 3.09. The van der Waals surface area contributed by atoms with E-state index in [4.69, 9.17) is 14.2 Å². The lowest BCUT2D eigenvalue weighted by molar-refractivity contribution is -0.171. The van der Waals surface area contributed by atoms with Crippen LogP contribution in [0.4, 0.5) is 0 Å². The third-order valence-electron chi connectivity index (χ3n) is 6.08. The van der Waals surface area contributed by atoms with Crippen molar-refractivity contribution in [3.8, 4) is 0 Å². The molecule has 1 saturated heterocycles. The van der Waals surface area contributed by atoms with E-state index in [-0.39, 0.29) is 17.8 Å². The zero-order chi connectivity index (χ0) is 24.7. The molecule has 0 amide bonds. The third kappa shape index (κ3) is 6.07. The number of allylic oxidation sites excluding steroid dienone is 2. The Morgan fingerprint density at radius 2 is 2.06 bits per heavy atom. The fraction of sp³-hybridized carbons (Fsp3) is 0.520. The quantitative estimate of drug-likeness (QED) is 0.203. The molecule has 0 radical (unpaired) electrons. The summed E-state index contributed by atoms with van der Waals surface area (Å²) >= 11 is 0. The Hall–Kier alpha value is -3.00. The van der Waals surface area contributed by atoms with Gasteiger partial charge in [0.25, 0.3) is 0 Å². The van der Waals surface area contributed by atoms with Crippen molar-refractivity contribution in [2.24, 2.45) is 11.8 Å². The highest BCUT2D eigenvalue weighted by Gasteiger charge is 2.50. The van der Waals surface area contributed by atoms with Crippen molar-refractivity contribution >= 4 is 24.2 Å². The van der Waals surface area contributed by atoms with Crippen molar-refractivity contribution in [3.63, 3.8) is 0 Å². The molecule has 8 heteroatoms. The molecular formula is C25H32O8. The Kier molecular flexibility index (Phi) is 9.34. The molecule has 1 aliphatic carbocycles. The molecule has 1 heterocycles. The number of esters is 3. The van der Waals surface area contributed by atoms with E-state index in [1.54, 1.807) is 39.0 Å². The summed E-state index contributed by atoms with van der Waals surface area (Å²) in [6.07, 6.45) is 3.14. The summed E-state index contributed by atoms with van der Waals surface area (Å²) in [4.78, 5) is 50.0. The average molecular weight is 461 g/mol. The van der Waals surface area contributed by atoms with Gasteiger partial charge in [-0.05, 0) is 44.8 Å². The van der Waals surface area contributed by atoms with Gasteiger partial charge in [0.15, 0.2) is 12.2 Å². The number of carbonyl (C=O) groups is 4. The highest BCUT2D eigenvalue weighted by Crippen LogP contribution is 2.37. The van der Waals surface area contributed by atoms with E-state index in [9.17, 15) is 24.3 Å². The molecule has 180 valence electrons. The molecule has 0 unspecified atom stereocenters. The number of hydrogen-bond acceptors (Lipinski definition) is 8. The lowest BCUT2D eigenvalue weighted by Gasteiger charge is -2.33. The first-order valence-corrected chi connectivity index (χ1v) is 11.1. The third-order valence-corrected chi connectivity index (χ3v) is 6.08. The fourth-order valence-corrected chi connectivity index (χ4v) is 3.62. The van der Waals surface area contributed by atoms with Gasteiger partial charge in [-0.1, -0.05) is 32.6 Å². The highest BCUT2D eigenvalue weighted by atomic mass is 16.6. The molecule has 5 atom stereocenters. The van der Waals surface area contributed by atoms with Gasteiger partial charge in [0.1, 0.15) is 12.4 Å². The number of aliphatic hydroxyl groups excluding tert-OH is 1. The van der Waals surface area contributed by atoms with Gasteiger partial charge in [0, 0.05) is 16.7 Å². The molecular weight excluding hydrogens is 428 g/mol. The number of fused-ring (bicyclic) bond motifs is 1. The number of hydrogen-bond donors (Lipinski definition) is 1. The largest absolute Gasteiger partial charge is 0.457 e. The monoisotopic (exact) mass is 460 g/mol. The number of ether oxygens (including phenoxy) is 3. The molecule has 0 aromatic heterocycles. The SMILES string of the molecule is C=C1C(=O)O[C@@H]2/C=C(\CO)CC/C=C(/C=O)[C@@H](OC(=O)/C(C)=C\C)[C@@H](OC(=O)[C@H](C)CC)[C@@H]12. The number of aliphatic hydroxyl groups is 1. The van der Waals surface area contributed by atoms with Crippen LogP contribution in [0.5, 0.6) is 0 Å². The molecule has 0 bridgehead atoms. The molecule has 0 saturated carbocycles. The summed E-state index contributed by atoms with van der Waals surface area (Å²) in [6, 6.07) is 0. The summed E-state index contributed by atoms with van der Waals surface area (Å²) < 4.78 is 17.0. The van der Waals surface area contributed by atoms with Crippen molar-refractivity contribution < 1.29 is 38.5 Å². The minimum atomic E-state index is -1.28. The Labute approximate surface area is 194 Å². The molecule has 8 nitrogen and oxygen atoms in total. The van der Waals surface area contributed by atoms with Gasteiger partial charge in [-0.15, -0.1) is 0 Å². The molecule has 0 spiro atoms. The van der Waals surface area contributed by atoms with Crippen molar-refractivity contribution in [1.29, 1.82) is 0 Å². The molecule has 33 heavy (non-hydrogen) atoms. The van der Waals surface area contributed by atoms with Crippen LogP contribution in [0, 0.1) is 11.8 Å². The van der Waals surface area contributed by atoms with Gasteiger partial charge >= 0.3 is 17.9 Å². The summed E-state index contributed by atoms with van der Waals surface area (Å²) in [6.45, 7) is 10.3. The number of aldehydes is 1. The van der Waals surface area contributed by atoms with Crippen LogP contribution < -0.4 is 0 Å². The Morgan fingerprint density at radius 3 is 2.64 bits per heavy atom. The van der Waals surface area contributed by atoms with Crippen LogP contribution in [-0.2, 0) is 33.4 Å². The van der Waals surface area contributed by atoms with E-state index in [1.807, 2.05) is 6.92 Å². The van der Waals surface area contributed by atoms with E-state index in [1.165, 1.54) is 0 Å². The maximum absolute atomic E-state index is 12.8. The van der Waals surface area contributed by atoms with Gasteiger partial charge in [0.05, 0.1) is 18.4 Å². The second kappa shape index (κ2) is 11.7. The predicted octanol–water partition coefficient (Wildman–Crippen LogP) is 2.76. The van der Waals surface area contributed by atoms with Gasteiger partial charge in [-0.2, -0.15) is 0 Å². The van der Waals surface area contributed by atoms with Crippen molar-refractivity contribution in [2.75, 3.05) is 6.61 Å². The van der Waals surface area contributed by atoms with Gasteiger partial charge in [-0.25, -0.2) is 9.59 Å². The fourth-order valence-electron chi connectivity index (χ4n) is 3.62. The van der Waals surface area contributed by atoms with Gasteiger partial charge < -0.3 is 19.3 Å². The first kappa shape index (κ1) is 26.3. The van der Waals surface area contributed by atoms with Crippen LogP contribution >= 0.6 is 0 Å². The molecule has 2 aliphatic rings. The minimum absolute atomic E-state index is 0.0325. The zero-order valence-electron chi connectivity index (χ0n) is 19.5. The smallest absolute Gasteiger partial charge is 0.334 e. The summed E-state index contributed by atoms with van der Waals surface area (Å²) in [5.74, 6) is -3.32. The summed E-state index contributed by atoms with van der Waals surface area (Å²) in [7, 11) is 0. The van der Waals surface area contributed by atoms with Crippen LogP contribution in [0.25, 0.3) is 0 Å². The zero-order valence-corrected chi connectivity index (χ0v) is 19.5. The molecule has 1 fully saturated rings. The van der Waals surface area contributed by atoms with Crippen molar-refractivity contribution in [3.05, 3.63) is 47.1 Å². The lowest BCUT2D eigenvalue weighted by Crippen LogP contribution is -2.46.